The van der Waals surface area contributed by atoms with Gasteiger partial charge in [-0.1, -0.05) is 41.4 Å². The number of allylic oxidation sites excluding steroid dienone is 2. The van der Waals surface area contributed by atoms with Crippen LogP contribution in [-0.4, -0.2) is 26.2 Å². The van der Waals surface area contributed by atoms with E-state index in [1.807, 2.05) is 30.3 Å². The first-order valence-corrected chi connectivity index (χ1v) is 11.5. The normalized spacial score (nSPS) is 13.5. The summed E-state index contributed by atoms with van der Waals surface area (Å²) in [7, 11) is -4.04. The van der Waals surface area contributed by atoms with Gasteiger partial charge in [-0.05, 0) is 55.5 Å². The van der Waals surface area contributed by atoms with Gasteiger partial charge in [0.05, 0.1) is 16.7 Å². The van der Waals surface area contributed by atoms with Crippen molar-refractivity contribution < 1.29 is 17.5 Å². The van der Waals surface area contributed by atoms with E-state index in [9.17, 15) is 12.8 Å². The number of nitrogens with one attached hydrogen (secondary N) is 1. The van der Waals surface area contributed by atoms with Crippen LogP contribution in [0.3, 0.4) is 0 Å². The minimum absolute atomic E-state index is 0.0379. The van der Waals surface area contributed by atoms with Crippen molar-refractivity contribution in [1.29, 1.82) is 0 Å². The minimum atomic E-state index is -4.04. The van der Waals surface area contributed by atoms with Crippen molar-refractivity contribution in [1.82, 2.24) is 9.71 Å². The number of benzene rings is 2. The number of aromatic nitrogens is 1. The Kier molecular flexibility index (Phi) is 7.54. The molecule has 0 amide bonds. The van der Waals surface area contributed by atoms with Crippen LogP contribution in [0.25, 0.3) is 10.9 Å². The Hall–Kier alpha value is -2.61. The highest BCUT2D eigenvalue weighted by atomic mass is 35.5. The number of hydrogen-bond donors (Lipinski definition) is 1. The van der Waals surface area contributed by atoms with Crippen LogP contribution in [0.15, 0.2) is 83.5 Å². The smallest absolute Gasteiger partial charge is 0.263 e. The van der Waals surface area contributed by atoms with Crippen molar-refractivity contribution in [2.24, 2.45) is 0 Å². The summed E-state index contributed by atoms with van der Waals surface area (Å²) >= 11 is 11.8. The number of pyridine rings is 1. The number of sulfonamides is 1. The second-order valence-corrected chi connectivity index (χ2v) is 9.03. The topological polar surface area (TPSA) is 68.3 Å². The molecule has 0 spiro atoms. The molecule has 1 unspecified atom stereocenters. The molecule has 2 aromatic carbocycles. The highest BCUT2D eigenvalue weighted by Crippen LogP contribution is 2.25. The van der Waals surface area contributed by atoms with Crippen LogP contribution in [-0.2, 0) is 10.0 Å². The maximum atomic E-state index is 12.9. The lowest BCUT2D eigenvalue weighted by atomic mass is 10.2. The fourth-order valence-corrected chi connectivity index (χ4v) is 4.59. The molecule has 0 aliphatic heterocycles. The summed E-state index contributed by atoms with van der Waals surface area (Å²) in [6, 6.07) is 13.5. The van der Waals surface area contributed by atoms with Crippen molar-refractivity contribution in [2.75, 3.05) is 6.67 Å². The minimum Gasteiger partial charge on any atom is -0.485 e. The number of para-hydroxylation sites is 1. The molecular formula is C22H19Cl2FN2O3S. The predicted octanol–water partition coefficient (Wildman–Crippen LogP) is 5.70. The third-order valence-electron chi connectivity index (χ3n) is 4.17. The van der Waals surface area contributed by atoms with E-state index in [1.54, 1.807) is 19.2 Å². The van der Waals surface area contributed by atoms with Crippen molar-refractivity contribution in [3.05, 3.63) is 88.7 Å². The van der Waals surface area contributed by atoms with Crippen LogP contribution in [0.5, 0.6) is 5.75 Å². The average Bonchev–Trinajstić information content (AvgIpc) is 2.71. The largest absolute Gasteiger partial charge is 0.485 e. The number of hydrogen-bond acceptors (Lipinski definition) is 4. The van der Waals surface area contributed by atoms with Gasteiger partial charge in [0, 0.05) is 16.1 Å². The zero-order chi connectivity index (χ0) is 22.4. The maximum absolute atomic E-state index is 12.9. The summed E-state index contributed by atoms with van der Waals surface area (Å²) in [5, 5.41) is 1.20. The Bertz CT molecular complexity index is 1250. The van der Waals surface area contributed by atoms with Gasteiger partial charge in [0.15, 0.2) is 0 Å². The Labute approximate surface area is 190 Å². The van der Waals surface area contributed by atoms with Gasteiger partial charge in [-0.2, -0.15) is 0 Å². The molecule has 1 heterocycles. The molecule has 0 bridgehead atoms. The van der Waals surface area contributed by atoms with E-state index < -0.39 is 22.8 Å². The van der Waals surface area contributed by atoms with E-state index in [4.69, 9.17) is 27.9 Å². The summed E-state index contributed by atoms with van der Waals surface area (Å²) in [4.78, 5) is 4.17. The quantitative estimate of drug-likeness (QED) is 0.420. The van der Waals surface area contributed by atoms with Gasteiger partial charge in [0.25, 0.3) is 10.0 Å². The van der Waals surface area contributed by atoms with Crippen LogP contribution in [0, 0.1) is 0 Å². The van der Waals surface area contributed by atoms with Crippen LogP contribution in [0.4, 0.5) is 4.39 Å². The monoisotopic (exact) mass is 480 g/mol. The lowest BCUT2D eigenvalue weighted by Crippen LogP contribution is -2.23. The van der Waals surface area contributed by atoms with Gasteiger partial charge in [-0.3, -0.25) is 9.71 Å². The van der Waals surface area contributed by atoms with E-state index in [1.165, 1.54) is 24.3 Å². The number of alkyl halides is 1. The van der Waals surface area contributed by atoms with E-state index >= 15 is 0 Å². The van der Waals surface area contributed by atoms with Crippen LogP contribution in [0.2, 0.25) is 10.0 Å². The summed E-state index contributed by atoms with van der Waals surface area (Å²) in [6.07, 6.45) is 5.30. The van der Waals surface area contributed by atoms with E-state index in [-0.39, 0.29) is 15.6 Å². The second-order valence-electron chi connectivity index (χ2n) is 6.54. The second kappa shape index (κ2) is 10.1. The Morgan fingerprint density at radius 1 is 1.23 bits per heavy atom. The molecule has 3 aromatic rings. The van der Waals surface area contributed by atoms with Gasteiger partial charge in [-0.25, -0.2) is 12.8 Å². The Morgan fingerprint density at radius 3 is 2.74 bits per heavy atom. The van der Waals surface area contributed by atoms with Crippen molar-refractivity contribution in [3.63, 3.8) is 0 Å². The molecule has 9 heteroatoms. The molecule has 0 saturated heterocycles. The molecule has 1 aromatic heterocycles. The first kappa shape index (κ1) is 23.1. The Morgan fingerprint density at radius 2 is 2.00 bits per heavy atom. The zero-order valence-corrected chi connectivity index (χ0v) is 18.8. The number of rotatable bonds is 8. The third-order valence-corrected chi connectivity index (χ3v) is 6.27. The summed E-state index contributed by atoms with van der Waals surface area (Å²) in [5.74, 6) is 0.556. The lowest BCUT2D eigenvalue weighted by Gasteiger charge is -2.13. The van der Waals surface area contributed by atoms with Crippen LogP contribution in [0.1, 0.15) is 6.92 Å². The molecule has 1 N–H and O–H groups in total. The molecule has 0 aliphatic rings. The number of fused-ring (bicyclic) bond motifs is 1. The molecule has 5 nitrogen and oxygen atoms in total. The average molecular weight is 481 g/mol. The molecule has 162 valence electrons. The summed E-state index contributed by atoms with van der Waals surface area (Å²) in [6.45, 7) is 0.906. The maximum Gasteiger partial charge on any atom is 0.263 e. The molecule has 0 radical (unpaired) electrons. The molecule has 3 rings (SSSR count). The third kappa shape index (κ3) is 6.19. The van der Waals surface area contributed by atoms with Crippen molar-refractivity contribution >= 4 is 44.1 Å². The van der Waals surface area contributed by atoms with Gasteiger partial charge in [0.2, 0.25) is 0 Å². The van der Waals surface area contributed by atoms with Gasteiger partial charge in [0.1, 0.15) is 23.4 Å². The lowest BCUT2D eigenvalue weighted by molar-refractivity contribution is 0.269. The standard InChI is InChI=1S/C22H19Cl2FN2O3S/c1-15(30-19-12-16-4-2-3-5-21(16)26-14-19)6-8-18(10-11-25)27-31(28,29)22-9-7-17(23)13-20(22)24/h2-10,12-15,27H,11H2,1H3/b8-6-,18-10+. The van der Waals surface area contributed by atoms with E-state index in [0.29, 0.717) is 10.8 Å². The number of halogens is 3. The summed E-state index contributed by atoms with van der Waals surface area (Å²) in [5.41, 5.74) is 0.891. The molecule has 0 aliphatic carbocycles. The number of nitrogens with zero attached hydrogens (tertiary/aromatic N) is 1. The fraction of sp³-hybridized carbons (Fsp3) is 0.136. The highest BCUT2D eigenvalue weighted by molar-refractivity contribution is 7.89. The first-order chi connectivity index (χ1) is 14.8. The SMILES string of the molecule is CC(/C=C\C(=C/CF)NS(=O)(=O)c1ccc(Cl)cc1Cl)Oc1cnc2ccccc2c1. The van der Waals surface area contributed by atoms with Crippen molar-refractivity contribution in [3.8, 4) is 5.75 Å². The Balaban J connectivity index is 1.73. The van der Waals surface area contributed by atoms with Gasteiger partial charge < -0.3 is 4.74 Å². The van der Waals surface area contributed by atoms with E-state index in [2.05, 4.69) is 9.71 Å². The molecule has 0 saturated carbocycles. The molecule has 0 fully saturated rings. The van der Waals surface area contributed by atoms with Gasteiger partial charge in [-0.15, -0.1) is 0 Å². The first-order valence-electron chi connectivity index (χ1n) is 9.22. The molecule has 31 heavy (non-hydrogen) atoms. The van der Waals surface area contributed by atoms with Gasteiger partial charge >= 0.3 is 0 Å². The van der Waals surface area contributed by atoms with Crippen LogP contribution < -0.4 is 9.46 Å². The molecule has 1 atom stereocenters. The fourth-order valence-electron chi connectivity index (χ4n) is 2.74. The van der Waals surface area contributed by atoms with Crippen molar-refractivity contribution in [2.45, 2.75) is 17.9 Å². The highest BCUT2D eigenvalue weighted by Gasteiger charge is 2.18. The molecular weight excluding hydrogens is 462 g/mol. The summed E-state index contributed by atoms with van der Waals surface area (Å²) < 4.78 is 46.4. The zero-order valence-electron chi connectivity index (χ0n) is 16.4. The van der Waals surface area contributed by atoms with E-state index in [0.717, 1.165) is 17.0 Å². The number of ether oxygens (including phenoxy) is 1. The van der Waals surface area contributed by atoms with Crippen LogP contribution >= 0.6 is 23.2 Å². The predicted molar refractivity (Wildman–Crippen MR) is 122 cm³/mol.